The molecule has 0 heterocycles. The van der Waals surface area contributed by atoms with Crippen molar-refractivity contribution in [2.75, 3.05) is 21.1 Å². The van der Waals surface area contributed by atoms with Gasteiger partial charge in [0.05, 0.1) is 21.1 Å². The third kappa shape index (κ3) is 5.16. The van der Waals surface area contributed by atoms with Gasteiger partial charge in [-0.25, -0.2) is 10.1 Å². The minimum Gasteiger partial charge on any atom is -0.231 e. The Kier molecular flexibility index (Phi) is 1.75. The second kappa shape index (κ2) is 1.95. The van der Waals surface area contributed by atoms with E-state index in [1.54, 1.807) is 21.1 Å². The maximum atomic E-state index is 9.69. The molecule has 0 rings (SSSR count). The van der Waals surface area contributed by atoms with E-state index in [4.69, 9.17) is 0 Å². The molecule has 0 spiro atoms. The Morgan fingerprint density at radius 3 is 1.88 bits per heavy atom. The first kappa shape index (κ1) is 7.16. The fourth-order valence-corrected chi connectivity index (χ4v) is 0.245. The number of rotatable bonds is 2. The van der Waals surface area contributed by atoms with E-state index in [0.717, 1.165) is 0 Å². The molecule has 0 unspecified atom stereocenters. The van der Waals surface area contributed by atoms with E-state index in [1.165, 1.54) is 0 Å². The van der Waals surface area contributed by atoms with Gasteiger partial charge in [-0.2, -0.15) is 4.59 Å². The van der Waals surface area contributed by atoms with Crippen LogP contribution in [-0.4, -0.2) is 30.8 Å². The molecule has 0 aromatic rings. The fourth-order valence-electron chi connectivity index (χ4n) is 0.245. The highest BCUT2D eigenvalue weighted by Gasteiger charge is 2.10. The smallest absolute Gasteiger partial charge is 0.205 e. The highest BCUT2D eigenvalue weighted by atomic mass is 16.7. The van der Waals surface area contributed by atoms with Gasteiger partial charge in [-0.3, -0.25) is 0 Å². The zero-order valence-corrected chi connectivity index (χ0v) is 5.21. The maximum Gasteiger partial charge on any atom is 0.205 e. The number of nitrogens with one attached hydrogen (secondary N) is 1. The highest BCUT2D eigenvalue weighted by Crippen LogP contribution is 1.78. The van der Waals surface area contributed by atoms with Gasteiger partial charge < -0.3 is 0 Å². The number of hydrazine groups is 1. The van der Waals surface area contributed by atoms with E-state index in [2.05, 4.69) is 0 Å². The van der Waals surface area contributed by atoms with Crippen molar-refractivity contribution >= 4 is 0 Å². The van der Waals surface area contributed by atoms with Crippen LogP contribution in [0.15, 0.2) is 0 Å². The minimum atomic E-state index is -0.569. The number of hydrogen-bond acceptors (Lipinski definition) is 2. The van der Waals surface area contributed by atoms with Crippen LogP contribution in [0, 0.1) is 10.1 Å². The first-order chi connectivity index (χ1) is 3.42. The van der Waals surface area contributed by atoms with Gasteiger partial charge in [0.15, 0.2) is 0 Å². The molecule has 0 aliphatic rings. The Morgan fingerprint density at radius 1 is 1.50 bits per heavy atom. The third-order valence-corrected chi connectivity index (χ3v) is 0.382. The standard InChI is InChI=1S/C3H10N3O2/c1-6(2,3)4-5(7)8/h4H,1-3H3/q+1. The Hall–Kier alpha value is -0.840. The van der Waals surface area contributed by atoms with Crippen LogP contribution in [0.3, 0.4) is 0 Å². The van der Waals surface area contributed by atoms with Gasteiger partial charge in [0.25, 0.3) is 0 Å². The van der Waals surface area contributed by atoms with Gasteiger partial charge >= 0.3 is 0 Å². The molecule has 1 N–H and O–H groups in total. The summed E-state index contributed by atoms with van der Waals surface area (Å²) in [5.41, 5.74) is 2.04. The SMILES string of the molecule is C[N+](C)(C)N[N+](=O)[O-]. The predicted molar refractivity (Wildman–Crippen MR) is 28.2 cm³/mol. The summed E-state index contributed by atoms with van der Waals surface area (Å²) in [4.78, 5) is 9.69. The van der Waals surface area contributed by atoms with E-state index in [-0.39, 0.29) is 4.59 Å². The van der Waals surface area contributed by atoms with E-state index in [9.17, 15) is 10.1 Å². The molecule has 0 amide bonds. The largest absolute Gasteiger partial charge is 0.231 e. The molecule has 0 atom stereocenters. The van der Waals surface area contributed by atoms with Crippen molar-refractivity contribution in [3.05, 3.63) is 10.1 Å². The van der Waals surface area contributed by atoms with Crippen LogP contribution in [0.1, 0.15) is 0 Å². The lowest BCUT2D eigenvalue weighted by atomic mass is 10.9. The van der Waals surface area contributed by atoms with Crippen LogP contribution in [-0.2, 0) is 0 Å². The lowest BCUT2D eigenvalue weighted by molar-refractivity contribution is -1.01. The van der Waals surface area contributed by atoms with Gasteiger partial charge in [0.1, 0.15) is 0 Å². The number of quaternary nitrogens is 1. The molecular formula is C3H10N3O2+. The summed E-state index contributed by atoms with van der Waals surface area (Å²) < 4.78 is 0.132. The Bertz CT molecular complexity index is 95.2. The van der Waals surface area contributed by atoms with Crippen LogP contribution in [0.2, 0.25) is 0 Å². The Balaban J connectivity index is 3.55. The second-order valence-corrected chi connectivity index (χ2v) is 2.37. The molecule has 0 aliphatic heterocycles. The molecule has 8 heavy (non-hydrogen) atoms. The van der Waals surface area contributed by atoms with E-state index >= 15 is 0 Å². The number of nitrogens with zero attached hydrogens (tertiary/aromatic N) is 2. The van der Waals surface area contributed by atoms with E-state index in [0.29, 0.717) is 0 Å². The zero-order chi connectivity index (χ0) is 6.78. The predicted octanol–water partition coefficient (Wildman–Crippen LogP) is -0.611. The van der Waals surface area contributed by atoms with Gasteiger partial charge in [-0.15, -0.1) is 0 Å². The topological polar surface area (TPSA) is 55.2 Å². The summed E-state index contributed by atoms with van der Waals surface area (Å²) in [6, 6.07) is 0. The summed E-state index contributed by atoms with van der Waals surface area (Å²) in [6.07, 6.45) is 0. The van der Waals surface area contributed by atoms with Crippen molar-refractivity contribution in [3.8, 4) is 0 Å². The first-order valence-corrected chi connectivity index (χ1v) is 2.15. The molecule has 48 valence electrons. The van der Waals surface area contributed by atoms with Gasteiger partial charge in [0, 0.05) is 5.53 Å². The van der Waals surface area contributed by atoms with Crippen LogP contribution in [0.25, 0.3) is 0 Å². The molecule has 0 radical (unpaired) electrons. The van der Waals surface area contributed by atoms with E-state index in [1.807, 2.05) is 5.53 Å². The lowest BCUT2D eigenvalue weighted by Crippen LogP contribution is -2.50. The van der Waals surface area contributed by atoms with Crippen LogP contribution >= 0.6 is 0 Å². The summed E-state index contributed by atoms with van der Waals surface area (Å²) in [6.45, 7) is 0. The Labute approximate surface area is 47.6 Å². The summed E-state index contributed by atoms with van der Waals surface area (Å²) in [5, 5.41) is 9.12. The summed E-state index contributed by atoms with van der Waals surface area (Å²) in [5.74, 6) is 0. The summed E-state index contributed by atoms with van der Waals surface area (Å²) >= 11 is 0. The van der Waals surface area contributed by atoms with Crippen molar-refractivity contribution in [3.63, 3.8) is 0 Å². The second-order valence-electron chi connectivity index (χ2n) is 2.37. The highest BCUT2D eigenvalue weighted by molar-refractivity contribution is 3.95. The van der Waals surface area contributed by atoms with Crippen molar-refractivity contribution < 1.29 is 9.62 Å². The van der Waals surface area contributed by atoms with Crippen molar-refractivity contribution in [2.45, 2.75) is 0 Å². The molecule has 5 nitrogen and oxygen atoms in total. The van der Waals surface area contributed by atoms with Crippen molar-refractivity contribution in [1.82, 2.24) is 5.53 Å². The lowest BCUT2D eigenvalue weighted by Gasteiger charge is -2.16. The molecule has 0 saturated heterocycles. The average molecular weight is 120 g/mol. The summed E-state index contributed by atoms with van der Waals surface area (Å²) in [7, 11) is 5.01. The monoisotopic (exact) mass is 120 g/mol. The quantitative estimate of drug-likeness (QED) is 0.300. The van der Waals surface area contributed by atoms with E-state index < -0.39 is 5.03 Å². The first-order valence-electron chi connectivity index (χ1n) is 2.15. The molecule has 0 bridgehead atoms. The Morgan fingerprint density at radius 2 is 1.88 bits per heavy atom. The molecule has 5 heteroatoms. The molecular weight excluding hydrogens is 110 g/mol. The van der Waals surface area contributed by atoms with Gasteiger partial charge in [-0.05, 0) is 0 Å². The van der Waals surface area contributed by atoms with Crippen molar-refractivity contribution in [2.24, 2.45) is 0 Å². The average Bonchev–Trinajstić information content (AvgIpc) is 1.21. The van der Waals surface area contributed by atoms with Crippen LogP contribution in [0.4, 0.5) is 0 Å². The fraction of sp³-hybridized carbons (Fsp3) is 1.00. The molecule has 0 aromatic carbocycles. The van der Waals surface area contributed by atoms with Crippen LogP contribution in [0.5, 0.6) is 0 Å². The van der Waals surface area contributed by atoms with Crippen molar-refractivity contribution in [1.29, 1.82) is 0 Å². The number of hydrogen-bond donors (Lipinski definition) is 1. The number of nitro groups is 1. The van der Waals surface area contributed by atoms with Crippen LogP contribution < -0.4 is 5.53 Å². The molecule has 0 aliphatic carbocycles. The van der Waals surface area contributed by atoms with Gasteiger partial charge in [-0.1, -0.05) is 0 Å². The maximum absolute atomic E-state index is 9.69. The minimum absolute atomic E-state index is 0.132. The zero-order valence-electron chi connectivity index (χ0n) is 5.21. The third-order valence-electron chi connectivity index (χ3n) is 0.382. The molecule has 0 fully saturated rings. The van der Waals surface area contributed by atoms with Gasteiger partial charge in [0.2, 0.25) is 5.03 Å². The normalized spacial score (nSPS) is 10.9. The molecule has 0 saturated carbocycles. The molecule has 0 aromatic heterocycles.